The molecule has 116 valence electrons. The summed E-state index contributed by atoms with van der Waals surface area (Å²) in [5.41, 5.74) is 0.882. The predicted octanol–water partition coefficient (Wildman–Crippen LogP) is 0.392. The van der Waals surface area contributed by atoms with Crippen molar-refractivity contribution < 1.29 is 14.6 Å². The molecule has 1 aromatic rings. The standard InChI is InChI=1S/C14H22N4O3/c1-3-12-15-11(10-21-2)8-13(16-12)18-6-4-17(5-7-18)9-14(19)20/h8H,3-7,9-10H2,1-2H3,(H,19,20). The van der Waals surface area contributed by atoms with E-state index in [-0.39, 0.29) is 6.54 Å². The quantitative estimate of drug-likeness (QED) is 0.813. The van der Waals surface area contributed by atoms with Crippen molar-refractivity contribution in [3.05, 3.63) is 17.6 Å². The number of methoxy groups -OCH3 is 1. The van der Waals surface area contributed by atoms with Crippen LogP contribution in [0.5, 0.6) is 0 Å². The number of aliphatic carboxylic acids is 1. The molecule has 1 fully saturated rings. The van der Waals surface area contributed by atoms with Crippen LogP contribution in [-0.4, -0.2) is 65.8 Å². The molecule has 0 saturated carbocycles. The monoisotopic (exact) mass is 294 g/mol. The SMILES string of the molecule is CCc1nc(COC)cc(N2CCN(CC(=O)O)CC2)n1. The zero-order valence-electron chi connectivity index (χ0n) is 12.6. The van der Waals surface area contributed by atoms with Crippen LogP contribution in [0.3, 0.4) is 0 Å². The van der Waals surface area contributed by atoms with E-state index in [4.69, 9.17) is 9.84 Å². The number of hydrogen-bond donors (Lipinski definition) is 1. The third-order valence-electron chi connectivity index (χ3n) is 3.48. The van der Waals surface area contributed by atoms with E-state index in [1.54, 1.807) is 7.11 Å². The lowest BCUT2D eigenvalue weighted by molar-refractivity contribution is -0.138. The average Bonchev–Trinajstić information content (AvgIpc) is 2.47. The highest BCUT2D eigenvalue weighted by Gasteiger charge is 2.20. The zero-order valence-corrected chi connectivity index (χ0v) is 12.6. The largest absolute Gasteiger partial charge is 0.480 e. The Kier molecular flexibility index (Phi) is 5.46. The van der Waals surface area contributed by atoms with E-state index < -0.39 is 5.97 Å². The number of ether oxygens (including phenoxy) is 1. The number of piperazine rings is 1. The van der Waals surface area contributed by atoms with Crippen LogP contribution >= 0.6 is 0 Å². The normalized spacial score (nSPS) is 16.2. The van der Waals surface area contributed by atoms with E-state index >= 15 is 0 Å². The summed E-state index contributed by atoms with van der Waals surface area (Å²) >= 11 is 0. The lowest BCUT2D eigenvalue weighted by Gasteiger charge is -2.34. The minimum atomic E-state index is -0.777. The highest BCUT2D eigenvalue weighted by Crippen LogP contribution is 2.16. The van der Waals surface area contributed by atoms with Gasteiger partial charge in [0.1, 0.15) is 11.6 Å². The Hall–Kier alpha value is -1.73. The molecule has 21 heavy (non-hydrogen) atoms. The first-order valence-corrected chi connectivity index (χ1v) is 7.17. The van der Waals surface area contributed by atoms with E-state index in [1.807, 2.05) is 17.9 Å². The number of aryl methyl sites for hydroxylation is 1. The average molecular weight is 294 g/mol. The first kappa shape index (κ1) is 15.7. The van der Waals surface area contributed by atoms with Crippen LogP contribution < -0.4 is 4.90 Å². The summed E-state index contributed by atoms with van der Waals surface area (Å²) < 4.78 is 5.15. The van der Waals surface area contributed by atoms with Crippen LogP contribution in [0.15, 0.2) is 6.07 Å². The molecule has 1 aromatic heterocycles. The van der Waals surface area contributed by atoms with Gasteiger partial charge in [-0.15, -0.1) is 0 Å². The lowest BCUT2D eigenvalue weighted by atomic mass is 10.3. The minimum Gasteiger partial charge on any atom is -0.480 e. The number of aromatic nitrogens is 2. The highest BCUT2D eigenvalue weighted by atomic mass is 16.5. The molecule has 0 spiro atoms. The first-order chi connectivity index (χ1) is 10.1. The molecule has 1 saturated heterocycles. The Balaban J connectivity index is 2.05. The molecule has 1 aliphatic heterocycles. The third kappa shape index (κ3) is 4.37. The molecule has 1 aliphatic rings. The van der Waals surface area contributed by atoms with E-state index in [0.29, 0.717) is 6.61 Å². The number of carboxylic acids is 1. The second-order valence-electron chi connectivity index (χ2n) is 5.08. The lowest BCUT2D eigenvalue weighted by Crippen LogP contribution is -2.48. The summed E-state index contributed by atoms with van der Waals surface area (Å²) in [6.45, 7) is 5.63. The Morgan fingerprint density at radius 3 is 2.62 bits per heavy atom. The molecule has 0 unspecified atom stereocenters. The molecule has 0 aliphatic carbocycles. The van der Waals surface area contributed by atoms with Gasteiger partial charge in [0.05, 0.1) is 18.8 Å². The maximum atomic E-state index is 10.7. The molecule has 2 heterocycles. The summed E-state index contributed by atoms with van der Waals surface area (Å²) in [7, 11) is 1.65. The molecule has 0 aromatic carbocycles. The van der Waals surface area contributed by atoms with Gasteiger partial charge in [0.15, 0.2) is 0 Å². The molecule has 0 amide bonds. The van der Waals surface area contributed by atoms with Crippen molar-refractivity contribution in [2.24, 2.45) is 0 Å². The van der Waals surface area contributed by atoms with Crippen molar-refractivity contribution in [1.82, 2.24) is 14.9 Å². The number of hydrogen-bond acceptors (Lipinski definition) is 6. The fraction of sp³-hybridized carbons (Fsp3) is 0.643. The zero-order chi connectivity index (χ0) is 15.2. The summed E-state index contributed by atoms with van der Waals surface area (Å²) in [4.78, 5) is 23.9. The van der Waals surface area contributed by atoms with Crippen molar-refractivity contribution in [3.63, 3.8) is 0 Å². The first-order valence-electron chi connectivity index (χ1n) is 7.17. The van der Waals surface area contributed by atoms with E-state index in [9.17, 15) is 4.79 Å². The van der Waals surface area contributed by atoms with E-state index in [1.165, 1.54) is 0 Å². The van der Waals surface area contributed by atoms with Gasteiger partial charge in [-0.25, -0.2) is 9.97 Å². The van der Waals surface area contributed by atoms with Crippen molar-refractivity contribution in [1.29, 1.82) is 0 Å². The number of rotatable bonds is 6. The summed E-state index contributed by atoms with van der Waals surface area (Å²) in [6.07, 6.45) is 0.781. The van der Waals surface area contributed by atoms with Crippen LogP contribution in [0.4, 0.5) is 5.82 Å². The van der Waals surface area contributed by atoms with Gasteiger partial charge >= 0.3 is 5.97 Å². The van der Waals surface area contributed by atoms with Crippen LogP contribution in [0.1, 0.15) is 18.4 Å². The smallest absolute Gasteiger partial charge is 0.317 e. The predicted molar refractivity (Wildman–Crippen MR) is 78.4 cm³/mol. The molecule has 7 heteroatoms. The van der Waals surface area contributed by atoms with Crippen molar-refractivity contribution >= 4 is 11.8 Å². The van der Waals surface area contributed by atoms with Crippen molar-refractivity contribution in [2.75, 3.05) is 44.7 Å². The van der Waals surface area contributed by atoms with Crippen LogP contribution in [0.2, 0.25) is 0 Å². The topological polar surface area (TPSA) is 78.8 Å². The molecule has 1 N–H and O–H groups in total. The van der Waals surface area contributed by atoms with Gasteiger partial charge in [-0.05, 0) is 0 Å². The summed E-state index contributed by atoms with van der Waals surface area (Å²) in [5.74, 6) is 0.942. The van der Waals surface area contributed by atoms with Crippen LogP contribution in [0, 0.1) is 0 Å². The number of carboxylic acid groups (broad SMARTS) is 1. The van der Waals surface area contributed by atoms with Crippen LogP contribution in [0.25, 0.3) is 0 Å². The maximum absolute atomic E-state index is 10.7. The molecule has 2 rings (SSSR count). The molecule has 0 atom stereocenters. The van der Waals surface area contributed by atoms with Gasteiger partial charge in [0.25, 0.3) is 0 Å². The third-order valence-corrected chi connectivity index (χ3v) is 3.48. The molecule has 0 bridgehead atoms. The second-order valence-corrected chi connectivity index (χ2v) is 5.08. The maximum Gasteiger partial charge on any atom is 0.317 e. The Morgan fingerprint density at radius 2 is 2.05 bits per heavy atom. The highest BCUT2D eigenvalue weighted by molar-refractivity contribution is 5.69. The van der Waals surface area contributed by atoms with Gasteiger partial charge in [-0.1, -0.05) is 6.92 Å². The molecule has 0 radical (unpaired) electrons. The number of carbonyl (C=O) groups is 1. The Morgan fingerprint density at radius 1 is 1.33 bits per heavy atom. The van der Waals surface area contributed by atoms with E-state index in [0.717, 1.165) is 49.9 Å². The second kappa shape index (κ2) is 7.33. The number of nitrogens with zero attached hydrogens (tertiary/aromatic N) is 4. The fourth-order valence-corrected chi connectivity index (χ4v) is 2.40. The van der Waals surface area contributed by atoms with Crippen molar-refractivity contribution in [3.8, 4) is 0 Å². The summed E-state index contributed by atoms with van der Waals surface area (Å²) in [5, 5.41) is 8.82. The summed E-state index contributed by atoms with van der Waals surface area (Å²) in [6, 6.07) is 1.95. The van der Waals surface area contributed by atoms with Gasteiger partial charge in [-0.2, -0.15) is 0 Å². The molecular weight excluding hydrogens is 272 g/mol. The molecule has 7 nitrogen and oxygen atoms in total. The van der Waals surface area contributed by atoms with Gasteiger partial charge < -0.3 is 14.7 Å². The van der Waals surface area contributed by atoms with E-state index in [2.05, 4.69) is 14.9 Å². The Labute approximate surface area is 124 Å². The minimum absolute atomic E-state index is 0.104. The Bertz CT molecular complexity index is 487. The van der Waals surface area contributed by atoms with Gasteiger partial charge in [0, 0.05) is 45.8 Å². The van der Waals surface area contributed by atoms with Crippen LogP contribution in [-0.2, 0) is 22.6 Å². The van der Waals surface area contributed by atoms with Gasteiger partial charge in [-0.3, -0.25) is 9.69 Å². The van der Waals surface area contributed by atoms with Crippen molar-refractivity contribution in [2.45, 2.75) is 20.0 Å². The number of anilines is 1. The molecular formula is C14H22N4O3. The van der Waals surface area contributed by atoms with Gasteiger partial charge in [0.2, 0.25) is 0 Å². The fourth-order valence-electron chi connectivity index (χ4n) is 2.40.